The molecule has 0 unspecified atom stereocenters. The molecule has 1 amide bonds. The van der Waals surface area contributed by atoms with E-state index in [9.17, 15) is 9.59 Å². The number of hydrogen-bond acceptors (Lipinski definition) is 5. The van der Waals surface area contributed by atoms with E-state index in [1.54, 1.807) is 23.1 Å². The number of ether oxygens (including phenoxy) is 3. The molecule has 0 atom stereocenters. The first-order chi connectivity index (χ1) is 10.1. The molecule has 116 valence electrons. The maximum atomic E-state index is 12.6. The van der Waals surface area contributed by atoms with E-state index in [1.165, 1.54) is 21.3 Å². The number of benzene rings is 1. The number of methoxy groups -OCH3 is 3. The molecule has 0 aliphatic carbocycles. The minimum Gasteiger partial charge on any atom is -0.497 e. The molecule has 0 radical (unpaired) electrons. The Balaban J connectivity index is 2.95. The summed E-state index contributed by atoms with van der Waals surface area (Å²) in [5.41, 5.74) is 0.406. The molecule has 0 aromatic heterocycles. The van der Waals surface area contributed by atoms with Gasteiger partial charge in [0.05, 0.1) is 33.3 Å². The lowest BCUT2D eigenvalue weighted by molar-refractivity contribution is -0.140. The van der Waals surface area contributed by atoms with Crippen molar-refractivity contribution < 1.29 is 23.8 Å². The number of carbonyl (C=O) groups is 2. The van der Waals surface area contributed by atoms with Gasteiger partial charge in [-0.2, -0.15) is 0 Å². The first-order valence-corrected chi connectivity index (χ1v) is 6.65. The van der Waals surface area contributed by atoms with Gasteiger partial charge in [-0.1, -0.05) is 0 Å². The van der Waals surface area contributed by atoms with E-state index in [0.717, 1.165) is 0 Å². The molecule has 0 saturated heterocycles. The average molecular weight is 295 g/mol. The van der Waals surface area contributed by atoms with Crippen molar-refractivity contribution >= 4 is 11.9 Å². The third-order valence-corrected chi connectivity index (χ3v) is 3.12. The molecule has 0 heterocycles. The number of esters is 1. The summed E-state index contributed by atoms with van der Waals surface area (Å²) in [5.74, 6) is 0.483. The van der Waals surface area contributed by atoms with Crippen LogP contribution in [0.1, 0.15) is 23.7 Å². The Morgan fingerprint density at radius 2 is 1.86 bits per heavy atom. The molecular weight excluding hydrogens is 274 g/mol. The van der Waals surface area contributed by atoms with Crippen LogP contribution in [0.3, 0.4) is 0 Å². The molecule has 1 aromatic carbocycles. The summed E-state index contributed by atoms with van der Waals surface area (Å²) in [4.78, 5) is 25.3. The Hall–Kier alpha value is -2.24. The molecular formula is C15H21NO5. The molecule has 0 fully saturated rings. The van der Waals surface area contributed by atoms with Crippen LogP contribution >= 0.6 is 0 Å². The minimum absolute atomic E-state index is 0.155. The van der Waals surface area contributed by atoms with Gasteiger partial charge < -0.3 is 19.1 Å². The predicted molar refractivity (Wildman–Crippen MR) is 77.8 cm³/mol. The van der Waals surface area contributed by atoms with Crippen LogP contribution in [0, 0.1) is 0 Å². The quantitative estimate of drug-likeness (QED) is 0.717. The van der Waals surface area contributed by atoms with Gasteiger partial charge in [0.1, 0.15) is 11.5 Å². The van der Waals surface area contributed by atoms with Crippen molar-refractivity contribution in [3.05, 3.63) is 23.8 Å². The number of carbonyl (C=O) groups excluding carboxylic acids is 2. The number of hydrogen-bond donors (Lipinski definition) is 0. The van der Waals surface area contributed by atoms with E-state index in [0.29, 0.717) is 30.2 Å². The average Bonchev–Trinajstić information content (AvgIpc) is 2.54. The highest BCUT2D eigenvalue weighted by atomic mass is 16.5. The summed E-state index contributed by atoms with van der Waals surface area (Å²) in [6, 6.07) is 5.03. The van der Waals surface area contributed by atoms with Crippen LogP contribution in [0.25, 0.3) is 0 Å². The zero-order valence-corrected chi connectivity index (χ0v) is 12.8. The molecule has 1 aromatic rings. The molecule has 6 heteroatoms. The lowest BCUT2D eigenvalue weighted by atomic mass is 10.1. The fourth-order valence-corrected chi connectivity index (χ4v) is 1.88. The number of amides is 1. The second-order valence-corrected chi connectivity index (χ2v) is 4.28. The predicted octanol–water partition coefficient (Wildman–Crippen LogP) is 1.73. The van der Waals surface area contributed by atoms with E-state index >= 15 is 0 Å². The van der Waals surface area contributed by atoms with Crippen molar-refractivity contribution in [1.29, 1.82) is 0 Å². The summed E-state index contributed by atoms with van der Waals surface area (Å²) >= 11 is 0. The van der Waals surface area contributed by atoms with Gasteiger partial charge in [0, 0.05) is 13.1 Å². The number of nitrogens with zero attached hydrogens (tertiary/aromatic N) is 1. The SMILES string of the molecule is CCN(CCC(=O)OC)C(=O)c1cc(OC)ccc1OC. The zero-order chi connectivity index (χ0) is 15.8. The largest absolute Gasteiger partial charge is 0.497 e. The smallest absolute Gasteiger partial charge is 0.307 e. The molecule has 21 heavy (non-hydrogen) atoms. The van der Waals surface area contributed by atoms with Crippen molar-refractivity contribution in [3.8, 4) is 11.5 Å². The van der Waals surface area contributed by atoms with Gasteiger partial charge in [-0.15, -0.1) is 0 Å². The fraction of sp³-hybridized carbons (Fsp3) is 0.467. The Kier molecular flexibility index (Phi) is 6.52. The maximum Gasteiger partial charge on any atom is 0.307 e. The molecule has 1 rings (SSSR count). The maximum absolute atomic E-state index is 12.6. The van der Waals surface area contributed by atoms with Gasteiger partial charge in [-0.3, -0.25) is 9.59 Å². The molecule has 0 aliphatic heterocycles. The summed E-state index contributed by atoms with van der Waals surface area (Å²) < 4.78 is 14.9. The van der Waals surface area contributed by atoms with Crippen LogP contribution in [0.5, 0.6) is 11.5 Å². The summed E-state index contributed by atoms with van der Waals surface area (Å²) in [7, 11) is 4.36. The van der Waals surface area contributed by atoms with Gasteiger partial charge in [0.15, 0.2) is 0 Å². The van der Waals surface area contributed by atoms with Crippen LogP contribution < -0.4 is 9.47 Å². The van der Waals surface area contributed by atoms with E-state index < -0.39 is 0 Å². The third-order valence-electron chi connectivity index (χ3n) is 3.12. The Bertz CT molecular complexity index is 501. The van der Waals surface area contributed by atoms with Crippen molar-refractivity contribution in [2.45, 2.75) is 13.3 Å². The van der Waals surface area contributed by atoms with Crippen LogP contribution in [0.15, 0.2) is 18.2 Å². The normalized spacial score (nSPS) is 9.90. The van der Waals surface area contributed by atoms with Crippen molar-refractivity contribution in [2.75, 3.05) is 34.4 Å². The van der Waals surface area contributed by atoms with E-state index in [1.807, 2.05) is 6.92 Å². The Labute approximate surface area is 124 Å². The number of rotatable bonds is 7. The second-order valence-electron chi connectivity index (χ2n) is 4.28. The Morgan fingerprint density at radius 1 is 1.14 bits per heavy atom. The highest BCUT2D eigenvalue weighted by Gasteiger charge is 2.20. The van der Waals surface area contributed by atoms with Crippen LogP contribution in [-0.2, 0) is 9.53 Å². The van der Waals surface area contributed by atoms with Crippen LogP contribution in [0.4, 0.5) is 0 Å². The monoisotopic (exact) mass is 295 g/mol. The van der Waals surface area contributed by atoms with E-state index in [4.69, 9.17) is 9.47 Å². The molecule has 0 aliphatic rings. The topological polar surface area (TPSA) is 65.1 Å². The van der Waals surface area contributed by atoms with Gasteiger partial charge in [0.2, 0.25) is 0 Å². The van der Waals surface area contributed by atoms with Crippen molar-refractivity contribution in [2.24, 2.45) is 0 Å². The van der Waals surface area contributed by atoms with Crippen molar-refractivity contribution in [3.63, 3.8) is 0 Å². The first-order valence-electron chi connectivity index (χ1n) is 6.65. The minimum atomic E-state index is -0.348. The standard InChI is InChI=1S/C15H21NO5/c1-5-16(9-8-14(17)21-4)15(18)12-10-11(19-2)6-7-13(12)20-3/h6-7,10H,5,8-9H2,1-4H3. The summed E-state index contributed by atoms with van der Waals surface area (Å²) in [5, 5.41) is 0. The lowest BCUT2D eigenvalue weighted by Crippen LogP contribution is -2.33. The van der Waals surface area contributed by atoms with Crippen molar-refractivity contribution in [1.82, 2.24) is 4.90 Å². The molecule has 0 N–H and O–H groups in total. The van der Waals surface area contributed by atoms with Gasteiger partial charge >= 0.3 is 5.97 Å². The second kappa shape index (κ2) is 8.14. The molecule has 0 saturated carbocycles. The molecule has 6 nitrogen and oxygen atoms in total. The van der Waals surface area contributed by atoms with Gasteiger partial charge in [-0.05, 0) is 25.1 Å². The zero-order valence-electron chi connectivity index (χ0n) is 12.8. The van der Waals surface area contributed by atoms with Gasteiger partial charge in [-0.25, -0.2) is 0 Å². The van der Waals surface area contributed by atoms with E-state index in [-0.39, 0.29) is 18.3 Å². The van der Waals surface area contributed by atoms with Crippen LogP contribution in [0.2, 0.25) is 0 Å². The fourth-order valence-electron chi connectivity index (χ4n) is 1.88. The molecule has 0 spiro atoms. The Morgan fingerprint density at radius 3 is 2.38 bits per heavy atom. The summed E-state index contributed by atoms with van der Waals surface area (Å²) in [6.45, 7) is 2.63. The first kappa shape index (κ1) is 16.8. The van der Waals surface area contributed by atoms with E-state index in [2.05, 4.69) is 4.74 Å². The lowest BCUT2D eigenvalue weighted by Gasteiger charge is -2.21. The highest BCUT2D eigenvalue weighted by molar-refractivity contribution is 5.97. The molecule has 0 bridgehead atoms. The van der Waals surface area contributed by atoms with Gasteiger partial charge in [0.25, 0.3) is 5.91 Å². The third kappa shape index (κ3) is 4.37. The highest BCUT2D eigenvalue weighted by Crippen LogP contribution is 2.25. The van der Waals surface area contributed by atoms with Crippen LogP contribution in [-0.4, -0.2) is 51.2 Å². The summed E-state index contributed by atoms with van der Waals surface area (Å²) in [6.07, 6.45) is 0.155.